The molecule has 3 rings (SSSR count). The van der Waals surface area contributed by atoms with Gasteiger partial charge < -0.3 is 106 Å². The van der Waals surface area contributed by atoms with Crippen molar-refractivity contribution < 1.29 is 106 Å². The van der Waals surface area contributed by atoms with E-state index in [-0.39, 0.29) is 18.7 Å². The minimum atomic E-state index is -2.12. The predicted octanol–water partition coefficient (Wildman–Crippen LogP) is -8.64. The molecule has 0 saturated carbocycles. The molecule has 18 atom stereocenters. The fraction of sp³-hybridized carbons (Fsp3) is 0.812. The highest BCUT2D eigenvalue weighted by Crippen LogP contribution is 2.27. The van der Waals surface area contributed by atoms with E-state index >= 15 is 0 Å². The van der Waals surface area contributed by atoms with Crippen molar-refractivity contribution in [1.82, 2.24) is 4.90 Å². The molecule has 0 bridgehead atoms. The Bertz CT molecular complexity index is 1210. The van der Waals surface area contributed by atoms with Gasteiger partial charge in [0.05, 0.1) is 42.2 Å². The van der Waals surface area contributed by atoms with Crippen molar-refractivity contribution in [1.29, 1.82) is 0 Å². The summed E-state index contributed by atoms with van der Waals surface area (Å²) < 4.78 is 22.0. The van der Waals surface area contributed by atoms with Gasteiger partial charge in [-0.15, -0.1) is 0 Å². The summed E-state index contributed by atoms with van der Waals surface area (Å²) in [4.78, 5) is 1.30. The number of phenols is 1. The van der Waals surface area contributed by atoms with E-state index in [0.717, 1.165) is 0 Å². The molecule has 1 aromatic rings. The molecule has 2 aliphatic rings. The highest BCUT2D eigenvalue weighted by molar-refractivity contribution is 14.1. The first kappa shape index (κ1) is 48.3. The van der Waals surface area contributed by atoms with Crippen molar-refractivity contribution in [3.05, 3.63) is 27.3 Å². The zero-order chi connectivity index (χ0) is 41.3. The topological polar surface area (TPSA) is 384 Å². The Kier molecular flexibility index (Phi) is 19.6. The van der Waals surface area contributed by atoms with E-state index in [0.29, 0.717) is 9.13 Å². The van der Waals surface area contributed by atoms with Gasteiger partial charge in [0.25, 0.3) is 0 Å². The third kappa shape index (κ3) is 12.5. The molecule has 0 radical (unpaired) electrons. The molecule has 2 saturated heterocycles. The number of phenolic OH excluding ortho intramolecular Hbond substituents is 1. The molecule has 0 aliphatic carbocycles. The number of nitrogens with zero attached hydrogens (tertiary/aromatic N) is 1. The molecular weight excluding hydrogens is 861 g/mol. The van der Waals surface area contributed by atoms with Gasteiger partial charge in [0.1, 0.15) is 91.2 Å². The van der Waals surface area contributed by atoms with Crippen LogP contribution in [0.15, 0.2) is 18.2 Å². The molecule has 55 heavy (non-hydrogen) atoms. The lowest BCUT2D eigenvalue weighted by Crippen LogP contribution is -2.62. The maximum atomic E-state index is 11.2. The van der Waals surface area contributed by atoms with Crippen LogP contribution in [0.5, 0.6) is 5.75 Å². The minimum absolute atomic E-state index is 0.000867. The van der Waals surface area contributed by atoms with Crippen LogP contribution >= 0.6 is 22.6 Å². The number of halogens is 1. The normalized spacial score (nSPS) is 33.4. The highest BCUT2D eigenvalue weighted by Gasteiger charge is 2.48. The molecule has 2 heterocycles. The van der Waals surface area contributed by atoms with Crippen molar-refractivity contribution in [2.45, 2.75) is 117 Å². The SMILES string of the molecule is OCC(O)C(OC1OC(CO)C(O)C(O)C1O)C(O)C(O)CN(CCc1ccc(O)c(I)c1)CC(O)C(O)C(OC1OC(CO)C(O)C(O)C1O)C(O)CO. The standard InChI is InChI=1S/C32H54INO21/c33-13-5-12(1-2-14(13)39)3-4-34(6-15(40)21(44)29(17(42)8-35)54-31-27(50)25(48)23(46)19(10-37)52-31)7-16(41)22(45)30(18(43)9-36)55-32-28(51)26(49)24(47)20(11-38)53-32/h1-2,5,15-32,35-51H,3-4,6-11H2. The van der Waals surface area contributed by atoms with Crippen molar-refractivity contribution >= 4 is 22.6 Å². The quantitative estimate of drug-likeness (QED) is 0.0509. The molecule has 1 aromatic carbocycles. The van der Waals surface area contributed by atoms with Crippen LogP contribution in [-0.2, 0) is 25.4 Å². The zero-order valence-electron chi connectivity index (χ0n) is 29.3. The fourth-order valence-corrected chi connectivity index (χ4v) is 6.69. The van der Waals surface area contributed by atoms with Gasteiger partial charge in [-0.25, -0.2) is 0 Å². The Morgan fingerprint density at radius 3 is 1.40 bits per heavy atom. The smallest absolute Gasteiger partial charge is 0.187 e. The zero-order valence-corrected chi connectivity index (χ0v) is 31.5. The van der Waals surface area contributed by atoms with Crippen molar-refractivity contribution in [2.24, 2.45) is 0 Å². The summed E-state index contributed by atoms with van der Waals surface area (Å²) in [6.07, 6.45) is -33.7. The lowest BCUT2D eigenvalue weighted by molar-refractivity contribution is -0.327. The molecule has 2 fully saturated rings. The number of aliphatic hydroxyl groups excluding tert-OH is 16. The molecule has 320 valence electrons. The van der Waals surface area contributed by atoms with Crippen molar-refractivity contribution in [2.75, 3.05) is 46.1 Å². The van der Waals surface area contributed by atoms with E-state index in [4.69, 9.17) is 18.9 Å². The number of aliphatic hydroxyl groups is 16. The largest absolute Gasteiger partial charge is 0.507 e. The summed E-state index contributed by atoms with van der Waals surface area (Å²) in [5.41, 5.74) is 0.649. The van der Waals surface area contributed by atoms with Crippen LogP contribution in [0, 0.1) is 3.57 Å². The van der Waals surface area contributed by atoms with Crippen LogP contribution in [0.1, 0.15) is 5.56 Å². The van der Waals surface area contributed by atoms with E-state index in [2.05, 4.69) is 0 Å². The van der Waals surface area contributed by atoms with E-state index < -0.39 is 150 Å². The third-order valence-electron chi connectivity index (χ3n) is 9.49. The molecule has 23 heteroatoms. The summed E-state index contributed by atoms with van der Waals surface area (Å²) in [7, 11) is 0. The second-order valence-electron chi connectivity index (χ2n) is 13.5. The van der Waals surface area contributed by atoms with Gasteiger partial charge in [0.15, 0.2) is 12.6 Å². The number of rotatable bonds is 21. The van der Waals surface area contributed by atoms with Gasteiger partial charge in [-0.3, -0.25) is 4.90 Å². The van der Waals surface area contributed by atoms with Crippen LogP contribution in [-0.4, -0.2) is 248 Å². The van der Waals surface area contributed by atoms with E-state index in [1.165, 1.54) is 11.0 Å². The van der Waals surface area contributed by atoms with Crippen LogP contribution < -0.4 is 0 Å². The Balaban J connectivity index is 1.84. The Labute approximate surface area is 328 Å². The highest BCUT2D eigenvalue weighted by atomic mass is 127. The third-order valence-corrected chi connectivity index (χ3v) is 10.4. The van der Waals surface area contributed by atoms with Crippen LogP contribution in [0.25, 0.3) is 0 Å². The maximum Gasteiger partial charge on any atom is 0.187 e. The maximum absolute atomic E-state index is 11.2. The molecule has 17 N–H and O–H groups in total. The second kappa shape index (κ2) is 22.3. The molecule has 0 aromatic heterocycles. The van der Waals surface area contributed by atoms with Crippen molar-refractivity contribution in [3.8, 4) is 5.75 Å². The van der Waals surface area contributed by atoms with Crippen molar-refractivity contribution in [3.63, 3.8) is 0 Å². The van der Waals surface area contributed by atoms with Gasteiger partial charge >= 0.3 is 0 Å². The molecule has 2 aliphatic heterocycles. The van der Waals surface area contributed by atoms with Gasteiger partial charge in [0.2, 0.25) is 0 Å². The molecular formula is C32H54INO21. The summed E-state index contributed by atoms with van der Waals surface area (Å²) in [5.74, 6) is -0.000867. The summed E-state index contributed by atoms with van der Waals surface area (Å²) in [5, 5.41) is 175. The minimum Gasteiger partial charge on any atom is -0.507 e. The predicted molar refractivity (Wildman–Crippen MR) is 188 cm³/mol. The first-order valence-electron chi connectivity index (χ1n) is 17.3. The van der Waals surface area contributed by atoms with Gasteiger partial charge in [-0.05, 0) is 46.7 Å². The lowest BCUT2D eigenvalue weighted by atomic mass is 9.97. The van der Waals surface area contributed by atoms with Gasteiger partial charge in [-0.1, -0.05) is 6.07 Å². The number of hydrogen-bond donors (Lipinski definition) is 17. The van der Waals surface area contributed by atoms with E-state index in [1.54, 1.807) is 12.1 Å². The Morgan fingerprint density at radius 2 is 1.04 bits per heavy atom. The molecule has 0 spiro atoms. The second-order valence-corrected chi connectivity index (χ2v) is 14.7. The van der Waals surface area contributed by atoms with E-state index in [1.807, 2.05) is 22.6 Å². The molecule has 18 unspecified atom stereocenters. The lowest BCUT2D eigenvalue weighted by Gasteiger charge is -2.43. The van der Waals surface area contributed by atoms with Gasteiger partial charge in [0, 0.05) is 19.6 Å². The number of aromatic hydroxyl groups is 1. The average Bonchev–Trinajstić information content (AvgIpc) is 3.17. The van der Waals surface area contributed by atoms with Crippen LogP contribution in [0.3, 0.4) is 0 Å². The van der Waals surface area contributed by atoms with Crippen LogP contribution in [0.2, 0.25) is 0 Å². The molecule has 22 nitrogen and oxygen atoms in total. The fourth-order valence-electron chi connectivity index (χ4n) is 6.11. The number of ether oxygens (including phenoxy) is 4. The first-order valence-corrected chi connectivity index (χ1v) is 18.4. The average molecular weight is 916 g/mol. The Hall–Kier alpha value is -1.09. The first-order chi connectivity index (χ1) is 25.9. The summed E-state index contributed by atoms with van der Waals surface area (Å²) in [6.45, 7) is -5.02. The monoisotopic (exact) mass is 915 g/mol. The number of hydrogen-bond acceptors (Lipinski definition) is 22. The van der Waals surface area contributed by atoms with Gasteiger partial charge in [-0.2, -0.15) is 0 Å². The Morgan fingerprint density at radius 1 is 0.618 bits per heavy atom. The summed E-state index contributed by atoms with van der Waals surface area (Å²) >= 11 is 1.89. The summed E-state index contributed by atoms with van der Waals surface area (Å²) in [6, 6.07) is 4.64. The van der Waals surface area contributed by atoms with E-state index in [9.17, 15) is 86.8 Å². The molecule has 0 amide bonds. The van der Waals surface area contributed by atoms with Crippen LogP contribution in [0.4, 0.5) is 0 Å². The number of benzene rings is 1.